The summed E-state index contributed by atoms with van der Waals surface area (Å²) >= 11 is 0. The van der Waals surface area contributed by atoms with Crippen molar-refractivity contribution in [2.75, 3.05) is 4.90 Å². The normalized spacial score (nSPS) is 17.1. The molecular formula is C18H27NO2. The third-order valence-electron chi connectivity index (χ3n) is 3.81. The number of ether oxygens (including phenoxy) is 1. The van der Waals surface area contributed by atoms with E-state index < -0.39 is 5.60 Å². The van der Waals surface area contributed by atoms with Crippen molar-refractivity contribution in [1.29, 1.82) is 0 Å². The molecule has 0 N–H and O–H groups in total. The van der Waals surface area contributed by atoms with Crippen molar-refractivity contribution in [3.05, 3.63) is 30.3 Å². The van der Waals surface area contributed by atoms with Gasteiger partial charge in [-0.2, -0.15) is 0 Å². The molecule has 0 saturated heterocycles. The number of nitrogens with zero attached hydrogens (tertiary/aromatic N) is 1. The van der Waals surface area contributed by atoms with Crippen LogP contribution in [0.5, 0.6) is 0 Å². The lowest BCUT2D eigenvalue weighted by Gasteiger charge is -2.33. The zero-order valence-corrected chi connectivity index (χ0v) is 13.5. The molecule has 1 aromatic rings. The van der Waals surface area contributed by atoms with Crippen molar-refractivity contribution >= 4 is 11.8 Å². The van der Waals surface area contributed by atoms with Crippen LogP contribution in [0.15, 0.2) is 30.3 Å². The molecule has 0 unspecified atom stereocenters. The first-order valence-electron chi connectivity index (χ1n) is 8.04. The Morgan fingerprint density at radius 3 is 2.14 bits per heavy atom. The lowest BCUT2D eigenvalue weighted by molar-refractivity contribution is 0.0562. The average molecular weight is 289 g/mol. The third kappa shape index (κ3) is 4.76. The molecule has 0 atom stereocenters. The Labute approximate surface area is 128 Å². The summed E-state index contributed by atoms with van der Waals surface area (Å²) in [6.45, 7) is 5.75. The molecule has 0 radical (unpaired) electrons. The smallest absolute Gasteiger partial charge is 0.415 e. The number of rotatable bonds is 2. The van der Waals surface area contributed by atoms with E-state index >= 15 is 0 Å². The Morgan fingerprint density at radius 1 is 1.05 bits per heavy atom. The molecule has 0 aromatic heterocycles. The fourth-order valence-corrected chi connectivity index (χ4v) is 2.88. The highest BCUT2D eigenvalue weighted by atomic mass is 16.6. The Hall–Kier alpha value is -1.51. The number of amides is 1. The van der Waals surface area contributed by atoms with Gasteiger partial charge >= 0.3 is 6.09 Å². The number of hydrogen-bond donors (Lipinski definition) is 0. The molecule has 1 aliphatic rings. The van der Waals surface area contributed by atoms with Crippen molar-refractivity contribution in [1.82, 2.24) is 0 Å². The molecule has 1 amide bonds. The first kappa shape index (κ1) is 15.9. The first-order chi connectivity index (χ1) is 9.97. The predicted molar refractivity (Wildman–Crippen MR) is 86.6 cm³/mol. The van der Waals surface area contributed by atoms with Crippen LogP contribution in [0.25, 0.3) is 0 Å². The van der Waals surface area contributed by atoms with E-state index in [1.165, 1.54) is 25.7 Å². The van der Waals surface area contributed by atoms with Gasteiger partial charge < -0.3 is 4.74 Å². The van der Waals surface area contributed by atoms with E-state index in [0.29, 0.717) is 0 Å². The van der Waals surface area contributed by atoms with Gasteiger partial charge in [0.15, 0.2) is 0 Å². The van der Waals surface area contributed by atoms with Crippen molar-refractivity contribution in [2.45, 2.75) is 70.9 Å². The van der Waals surface area contributed by atoms with E-state index in [1.54, 1.807) is 0 Å². The highest BCUT2D eigenvalue weighted by molar-refractivity contribution is 5.88. The Balaban J connectivity index is 2.23. The molecule has 0 bridgehead atoms. The van der Waals surface area contributed by atoms with E-state index in [-0.39, 0.29) is 12.1 Å². The number of anilines is 1. The van der Waals surface area contributed by atoms with Crippen LogP contribution in [-0.4, -0.2) is 17.7 Å². The second-order valence-corrected chi connectivity index (χ2v) is 6.83. The standard InChI is InChI=1S/C18H27NO2/c1-18(2,3)21-17(20)19(16-13-9-6-10-14-16)15-11-7-4-5-8-12-15/h6,9-10,13-15H,4-5,7-8,11-12H2,1-3H3. The zero-order chi connectivity index (χ0) is 15.3. The molecule has 1 aromatic carbocycles. The van der Waals surface area contributed by atoms with Crippen LogP contribution in [0.4, 0.5) is 10.5 Å². The Morgan fingerprint density at radius 2 is 1.62 bits per heavy atom. The van der Waals surface area contributed by atoms with Crippen LogP contribution >= 0.6 is 0 Å². The van der Waals surface area contributed by atoms with Crippen LogP contribution in [-0.2, 0) is 4.74 Å². The number of carbonyl (C=O) groups excluding carboxylic acids is 1. The molecule has 1 saturated carbocycles. The maximum atomic E-state index is 12.7. The molecule has 0 heterocycles. The maximum Gasteiger partial charge on any atom is 0.415 e. The lowest BCUT2D eigenvalue weighted by Crippen LogP contribution is -2.43. The molecular weight excluding hydrogens is 262 g/mol. The lowest BCUT2D eigenvalue weighted by atomic mass is 10.1. The summed E-state index contributed by atoms with van der Waals surface area (Å²) in [7, 11) is 0. The molecule has 1 fully saturated rings. The van der Waals surface area contributed by atoms with Gasteiger partial charge in [0.1, 0.15) is 5.60 Å². The first-order valence-corrected chi connectivity index (χ1v) is 8.04. The molecule has 21 heavy (non-hydrogen) atoms. The number of hydrogen-bond acceptors (Lipinski definition) is 2. The van der Waals surface area contributed by atoms with Gasteiger partial charge in [0.2, 0.25) is 0 Å². The predicted octanol–water partition coefficient (Wildman–Crippen LogP) is 5.15. The number of carbonyl (C=O) groups is 1. The number of para-hydroxylation sites is 1. The molecule has 3 nitrogen and oxygen atoms in total. The zero-order valence-electron chi connectivity index (χ0n) is 13.5. The van der Waals surface area contributed by atoms with Gasteiger partial charge in [0.25, 0.3) is 0 Å². The van der Waals surface area contributed by atoms with Crippen LogP contribution in [0.2, 0.25) is 0 Å². The van der Waals surface area contributed by atoms with E-state index in [2.05, 4.69) is 0 Å². The minimum Gasteiger partial charge on any atom is -0.443 e. The SMILES string of the molecule is CC(C)(C)OC(=O)N(c1ccccc1)C1CCCCCC1. The van der Waals surface area contributed by atoms with Gasteiger partial charge in [-0.15, -0.1) is 0 Å². The van der Waals surface area contributed by atoms with Crippen molar-refractivity contribution < 1.29 is 9.53 Å². The number of benzene rings is 1. The van der Waals surface area contributed by atoms with E-state index in [1.807, 2.05) is 56.0 Å². The van der Waals surface area contributed by atoms with Crippen LogP contribution in [0.3, 0.4) is 0 Å². The van der Waals surface area contributed by atoms with Gasteiger partial charge in [-0.1, -0.05) is 43.9 Å². The fraction of sp³-hybridized carbons (Fsp3) is 0.611. The molecule has 0 spiro atoms. The maximum absolute atomic E-state index is 12.7. The highest BCUT2D eigenvalue weighted by Gasteiger charge is 2.29. The van der Waals surface area contributed by atoms with Gasteiger partial charge in [-0.25, -0.2) is 4.79 Å². The second-order valence-electron chi connectivity index (χ2n) is 6.83. The van der Waals surface area contributed by atoms with E-state index in [4.69, 9.17) is 4.74 Å². The summed E-state index contributed by atoms with van der Waals surface area (Å²) in [5.41, 5.74) is 0.480. The summed E-state index contributed by atoms with van der Waals surface area (Å²) in [4.78, 5) is 14.5. The van der Waals surface area contributed by atoms with Crippen LogP contribution < -0.4 is 4.90 Å². The summed E-state index contributed by atoms with van der Waals surface area (Å²) in [6.07, 6.45) is 6.83. The molecule has 1 aliphatic carbocycles. The minimum atomic E-state index is -0.463. The molecule has 116 valence electrons. The van der Waals surface area contributed by atoms with Gasteiger partial charge in [-0.05, 0) is 45.7 Å². The van der Waals surface area contributed by atoms with Crippen LogP contribution in [0, 0.1) is 0 Å². The van der Waals surface area contributed by atoms with Gasteiger partial charge in [-0.3, -0.25) is 4.90 Å². The minimum absolute atomic E-state index is 0.222. The Bertz CT molecular complexity index is 442. The largest absolute Gasteiger partial charge is 0.443 e. The summed E-state index contributed by atoms with van der Waals surface area (Å²) in [6, 6.07) is 10.2. The summed E-state index contributed by atoms with van der Waals surface area (Å²) in [5.74, 6) is 0. The van der Waals surface area contributed by atoms with E-state index in [0.717, 1.165) is 18.5 Å². The van der Waals surface area contributed by atoms with Crippen LogP contribution in [0.1, 0.15) is 59.3 Å². The monoisotopic (exact) mass is 289 g/mol. The molecule has 2 rings (SSSR count). The van der Waals surface area contributed by atoms with E-state index in [9.17, 15) is 4.79 Å². The topological polar surface area (TPSA) is 29.5 Å². The third-order valence-corrected chi connectivity index (χ3v) is 3.81. The van der Waals surface area contributed by atoms with Crippen molar-refractivity contribution in [2.24, 2.45) is 0 Å². The Kier molecular flexibility index (Phi) is 5.27. The van der Waals surface area contributed by atoms with Crippen molar-refractivity contribution in [3.63, 3.8) is 0 Å². The quantitative estimate of drug-likeness (QED) is 0.704. The molecule has 0 aliphatic heterocycles. The summed E-state index contributed by atoms with van der Waals surface area (Å²) in [5, 5.41) is 0. The van der Waals surface area contributed by atoms with Gasteiger partial charge in [0.05, 0.1) is 0 Å². The second kappa shape index (κ2) is 6.97. The van der Waals surface area contributed by atoms with Crippen molar-refractivity contribution in [3.8, 4) is 0 Å². The fourth-order valence-electron chi connectivity index (χ4n) is 2.88. The average Bonchev–Trinajstić information content (AvgIpc) is 2.67. The summed E-state index contributed by atoms with van der Waals surface area (Å²) < 4.78 is 5.64. The molecule has 3 heteroatoms. The van der Waals surface area contributed by atoms with Gasteiger partial charge in [0, 0.05) is 11.7 Å². The highest BCUT2D eigenvalue weighted by Crippen LogP contribution is 2.28.